The third kappa shape index (κ3) is 2.96. The van der Waals surface area contributed by atoms with Crippen LogP contribution in [0.5, 0.6) is 0 Å². The Morgan fingerprint density at radius 1 is 1.22 bits per heavy atom. The fourth-order valence-corrected chi connectivity index (χ4v) is 5.44. The second-order valence-electron chi connectivity index (χ2n) is 5.87. The molecule has 1 aromatic rings. The number of rotatable bonds is 3. The molecule has 1 saturated heterocycles. The van der Waals surface area contributed by atoms with Gasteiger partial charge in [0.15, 0.2) is 9.84 Å². The Kier molecular flexibility index (Phi) is 4.55. The molecule has 0 aliphatic carbocycles. The minimum absolute atomic E-state index is 0.00696. The lowest BCUT2D eigenvalue weighted by molar-refractivity contribution is -0.112. The number of allylic oxidation sites excluding steroid dienone is 1. The molecule has 3 heterocycles. The van der Waals surface area contributed by atoms with Crippen LogP contribution in [0.15, 0.2) is 59.7 Å². The van der Waals surface area contributed by atoms with Gasteiger partial charge in [-0.2, -0.15) is 0 Å². The zero-order chi connectivity index (χ0) is 19.0. The number of hydrogen-bond acceptors (Lipinski definition) is 9. The summed E-state index contributed by atoms with van der Waals surface area (Å²) in [4.78, 5) is 4.18. The van der Waals surface area contributed by atoms with E-state index < -0.39 is 15.1 Å². The van der Waals surface area contributed by atoms with Crippen LogP contribution in [0.1, 0.15) is 0 Å². The number of nitrogens with one attached hydrogen (secondary N) is 1. The molecule has 0 spiro atoms. The first-order valence-electron chi connectivity index (χ1n) is 7.87. The Morgan fingerprint density at radius 3 is 2.56 bits per heavy atom. The summed E-state index contributed by atoms with van der Waals surface area (Å²) in [5.41, 5.74) is 0.557. The summed E-state index contributed by atoms with van der Waals surface area (Å²) < 4.78 is 35.9. The van der Waals surface area contributed by atoms with Crippen LogP contribution in [-0.2, 0) is 9.84 Å². The van der Waals surface area contributed by atoms with E-state index in [0.29, 0.717) is 41.1 Å². The number of amidine groups is 1. The Hall–Kier alpha value is -2.54. The van der Waals surface area contributed by atoms with Crippen molar-refractivity contribution in [2.45, 2.75) is 15.0 Å². The maximum atomic E-state index is 13.0. The molecule has 0 bridgehead atoms. The summed E-state index contributed by atoms with van der Waals surface area (Å²) in [5, 5.41) is 23.8. The van der Waals surface area contributed by atoms with Gasteiger partial charge in [0.2, 0.25) is 5.82 Å². The van der Waals surface area contributed by atoms with Gasteiger partial charge in [-0.3, -0.25) is 5.41 Å². The van der Waals surface area contributed by atoms with E-state index in [-0.39, 0.29) is 21.4 Å². The molecule has 0 atom stereocenters. The predicted molar refractivity (Wildman–Crippen MR) is 99.1 cm³/mol. The Morgan fingerprint density at radius 2 is 1.96 bits per heavy atom. The number of sulfone groups is 1. The summed E-state index contributed by atoms with van der Waals surface area (Å²) in [5.74, 6) is 0.340. The molecular weight excluding hydrogens is 390 g/mol. The summed E-state index contributed by atoms with van der Waals surface area (Å²) in [6.45, 7) is 0.723. The summed E-state index contributed by atoms with van der Waals surface area (Å²) in [6.07, 6.45) is 4.99. The van der Waals surface area contributed by atoms with Crippen LogP contribution in [0, 0.1) is 0 Å². The second-order valence-corrected chi connectivity index (χ2v) is 8.66. The molecule has 3 aliphatic rings. The number of hydrogen-bond donors (Lipinski definition) is 3. The lowest BCUT2D eigenvalue weighted by Crippen LogP contribution is -2.52. The van der Waals surface area contributed by atoms with Crippen molar-refractivity contribution < 1.29 is 18.4 Å². The highest BCUT2D eigenvalue weighted by atomic mass is 32.2. The van der Waals surface area contributed by atoms with Crippen LogP contribution in [0.3, 0.4) is 0 Å². The number of benzene rings is 1. The van der Waals surface area contributed by atoms with E-state index in [9.17, 15) is 13.0 Å². The monoisotopic (exact) mass is 404 g/mol. The average molecular weight is 404 g/mol. The molecular formula is C15H14N7O3S2+. The second kappa shape index (κ2) is 6.88. The maximum Gasteiger partial charge on any atom is 0.321 e. The normalized spacial score (nSPS) is 21.2. The first-order chi connectivity index (χ1) is 13.0. The largest absolute Gasteiger partial charge is 0.325 e. The van der Waals surface area contributed by atoms with Crippen molar-refractivity contribution in [1.82, 2.24) is 5.32 Å². The zero-order valence-corrected chi connectivity index (χ0v) is 15.4. The number of nitrogens with zero attached hydrogens (tertiary/aromatic N) is 5. The van der Waals surface area contributed by atoms with E-state index in [2.05, 4.69) is 31.0 Å². The van der Waals surface area contributed by atoms with Crippen LogP contribution < -0.4 is 21.2 Å². The van der Waals surface area contributed by atoms with Crippen molar-refractivity contribution in [1.29, 1.82) is 0 Å². The molecule has 12 heteroatoms. The van der Waals surface area contributed by atoms with E-state index >= 15 is 0 Å². The van der Waals surface area contributed by atoms with Gasteiger partial charge < -0.3 is 9.87 Å². The van der Waals surface area contributed by atoms with Gasteiger partial charge in [0.25, 0.3) is 0 Å². The van der Waals surface area contributed by atoms with Gasteiger partial charge in [0.05, 0.1) is 20.6 Å². The van der Waals surface area contributed by atoms with Crippen molar-refractivity contribution in [2.75, 3.05) is 13.1 Å². The molecule has 0 aromatic heterocycles. The number of dihydropyridines is 1. The van der Waals surface area contributed by atoms with E-state index in [4.69, 9.17) is 5.41 Å². The van der Waals surface area contributed by atoms with E-state index in [0.717, 1.165) is 0 Å². The predicted octanol–water partition coefficient (Wildman–Crippen LogP) is -1.16. The quantitative estimate of drug-likeness (QED) is 0.543. The molecule has 1 fully saturated rings. The maximum absolute atomic E-state index is 13.0. The molecule has 4 rings (SSSR count). The molecule has 138 valence electrons. The minimum atomic E-state index is -3.65. The van der Waals surface area contributed by atoms with E-state index in [1.807, 2.05) is 0 Å². The third-order valence-corrected chi connectivity index (χ3v) is 7.27. The summed E-state index contributed by atoms with van der Waals surface area (Å²) in [7, 11) is -3.65. The fourth-order valence-electron chi connectivity index (χ4n) is 2.88. The van der Waals surface area contributed by atoms with E-state index in [1.54, 1.807) is 24.4 Å². The van der Waals surface area contributed by atoms with Gasteiger partial charge in [-0.1, -0.05) is 6.07 Å². The van der Waals surface area contributed by atoms with Crippen molar-refractivity contribution in [2.24, 2.45) is 25.7 Å². The topological polar surface area (TPSA) is 154 Å². The molecule has 0 radical (unpaired) electrons. The SMILES string of the molecule is [NH2+]=C1N=CC=CC1=c1ccc(S(=O)(=O)C2CNC2)c(SO)c1=C1N=NN=N1. The van der Waals surface area contributed by atoms with Gasteiger partial charge >= 0.3 is 5.84 Å². The van der Waals surface area contributed by atoms with Crippen LogP contribution in [0.4, 0.5) is 0 Å². The number of nitrogens with two attached hydrogens (primary N) is 1. The summed E-state index contributed by atoms with van der Waals surface area (Å²) in [6, 6.07) is 3.07. The lowest BCUT2D eigenvalue weighted by Gasteiger charge is -2.27. The molecule has 3 aliphatic heterocycles. The van der Waals surface area contributed by atoms with Gasteiger partial charge in [-0.15, -0.1) is 10.2 Å². The summed E-state index contributed by atoms with van der Waals surface area (Å²) >= 11 is 0.317. The van der Waals surface area contributed by atoms with Crippen LogP contribution in [-0.4, -0.2) is 43.4 Å². The molecule has 0 saturated carbocycles. The molecule has 10 nitrogen and oxygen atoms in total. The lowest BCUT2D eigenvalue weighted by atomic mass is 10.1. The van der Waals surface area contributed by atoms with Crippen LogP contribution in [0.25, 0.3) is 11.4 Å². The van der Waals surface area contributed by atoms with Gasteiger partial charge in [-0.05, 0) is 33.7 Å². The van der Waals surface area contributed by atoms with Crippen LogP contribution >= 0.6 is 12.0 Å². The van der Waals surface area contributed by atoms with Crippen molar-refractivity contribution in [3.63, 3.8) is 0 Å². The molecule has 4 N–H and O–H groups in total. The molecule has 1 aromatic carbocycles. The van der Waals surface area contributed by atoms with Crippen molar-refractivity contribution in [3.05, 3.63) is 34.7 Å². The van der Waals surface area contributed by atoms with Gasteiger partial charge in [0.1, 0.15) is 6.21 Å². The zero-order valence-electron chi connectivity index (χ0n) is 13.8. The fraction of sp³-hybridized carbons (Fsp3) is 0.200. The van der Waals surface area contributed by atoms with Crippen molar-refractivity contribution in [3.8, 4) is 0 Å². The van der Waals surface area contributed by atoms with E-state index in [1.165, 1.54) is 6.07 Å². The minimum Gasteiger partial charge on any atom is -0.325 e. The highest BCUT2D eigenvalue weighted by Crippen LogP contribution is 2.26. The number of aliphatic imine (C=N–C) groups is 1. The smallest absolute Gasteiger partial charge is 0.321 e. The standard InChI is InChI=1S/C15H13N7O3S2/c16-14-10(2-1-5-18-14)9-3-4-11(27(24,25)8-6-17-7-8)13(26-23)12(9)15-19-21-22-20-15/h1-5,8,16-17,23H,6-7H2/p+1. The molecule has 0 unspecified atom stereocenters. The van der Waals surface area contributed by atoms with Crippen LogP contribution in [0.2, 0.25) is 0 Å². The Bertz CT molecular complexity index is 1160. The average Bonchev–Trinajstić information content (AvgIpc) is 3.13. The Labute approximate surface area is 157 Å². The molecule has 27 heavy (non-hydrogen) atoms. The first-order valence-corrected chi connectivity index (χ1v) is 10.2. The van der Waals surface area contributed by atoms with Crippen molar-refractivity contribution >= 4 is 45.3 Å². The Balaban J connectivity index is 2.12. The highest BCUT2D eigenvalue weighted by molar-refractivity contribution is 7.96. The van der Waals surface area contributed by atoms with Gasteiger partial charge in [-0.25, -0.2) is 8.42 Å². The third-order valence-electron chi connectivity index (χ3n) is 4.37. The first kappa shape index (κ1) is 17.9. The van der Waals surface area contributed by atoms with Gasteiger partial charge in [0, 0.05) is 35.6 Å². The highest BCUT2D eigenvalue weighted by Gasteiger charge is 2.35. The molecule has 0 amide bonds.